The molecule has 7 atom stereocenters. The van der Waals surface area contributed by atoms with Gasteiger partial charge < -0.3 is 41.4 Å². The highest BCUT2D eigenvalue weighted by Gasteiger charge is 2.39. The van der Waals surface area contributed by atoms with Crippen molar-refractivity contribution in [1.29, 1.82) is 0 Å². The Balaban J connectivity index is 2.08. The number of amides is 8. The minimum absolute atomic E-state index is 0.0532. The van der Waals surface area contributed by atoms with Crippen molar-refractivity contribution in [2.75, 3.05) is 46.3 Å². The largest absolute Gasteiger partial charge is 0.445 e. The summed E-state index contributed by atoms with van der Waals surface area (Å²) in [6, 6.07) is 2.63. The second-order valence-electron chi connectivity index (χ2n) is 18.9. The van der Waals surface area contributed by atoms with Gasteiger partial charge in [-0.1, -0.05) is 87.3 Å². The molecule has 0 aliphatic carbocycles. The predicted molar refractivity (Wildman–Crippen MR) is 266 cm³/mol. The molecule has 0 aromatic heterocycles. The molecule has 0 bridgehead atoms. The van der Waals surface area contributed by atoms with E-state index in [9.17, 15) is 38.4 Å². The first-order valence-electron chi connectivity index (χ1n) is 24.7. The minimum Gasteiger partial charge on any atom is -0.445 e. The standard InChI is InChI=1S/C50H83N9O11/c1-13-34(9)45(38(14-2)68-12)57(10)49(66)43(32(5)6)56-48(65)44(33(7)8)58(11)50(67)69-29-35-21-23-36(24-22-35)53-46(63)37(19-18-27-52-70-30-51)54-47(64)42(31(3)4)55-39(60)20-16-15-17-28-59-40(61)25-26-41(59)62/h21-26,31-34,37-38,42-45,52H,13-20,27-30,51H2,1-12H3,(H,53,63)(H,54,64)(H,55,60)(H,56,65)/t34-,37-,38+,42-,43-,44-,45-/m0/s1. The number of ether oxygens (including phenoxy) is 2. The highest BCUT2D eigenvalue weighted by atomic mass is 16.6. The molecular weight excluding hydrogens is 903 g/mol. The molecule has 0 saturated carbocycles. The number of carbonyl (C=O) groups is 8. The van der Waals surface area contributed by atoms with Crippen LogP contribution >= 0.6 is 0 Å². The van der Waals surface area contributed by atoms with Gasteiger partial charge in [0.05, 0.1) is 12.1 Å². The molecule has 70 heavy (non-hydrogen) atoms. The van der Waals surface area contributed by atoms with Crippen LogP contribution in [-0.2, 0) is 54.5 Å². The number of imide groups is 1. The molecule has 0 unspecified atom stereocenters. The van der Waals surface area contributed by atoms with E-state index < -0.39 is 48.0 Å². The number of hydroxylamine groups is 1. The third-order valence-corrected chi connectivity index (χ3v) is 12.6. The molecule has 1 aromatic rings. The van der Waals surface area contributed by atoms with Gasteiger partial charge in [-0.2, -0.15) is 0 Å². The van der Waals surface area contributed by atoms with E-state index in [-0.39, 0.29) is 92.2 Å². The van der Waals surface area contributed by atoms with Gasteiger partial charge in [-0.15, -0.1) is 0 Å². The van der Waals surface area contributed by atoms with Crippen LogP contribution in [0, 0.1) is 23.7 Å². The topological polar surface area (TPSA) is 260 Å². The summed E-state index contributed by atoms with van der Waals surface area (Å²) in [6.07, 6.45) is 5.44. The number of rotatable bonds is 32. The fourth-order valence-electron chi connectivity index (χ4n) is 8.31. The number of hydrogen-bond acceptors (Lipinski definition) is 13. The molecule has 20 heteroatoms. The number of unbranched alkanes of at least 4 members (excludes halogenated alkanes) is 2. The molecule has 0 spiro atoms. The Bertz CT molecular complexity index is 1870. The van der Waals surface area contributed by atoms with Gasteiger partial charge in [0.25, 0.3) is 11.8 Å². The lowest BCUT2D eigenvalue weighted by atomic mass is 9.90. The molecule has 0 fully saturated rings. The van der Waals surface area contributed by atoms with Crippen molar-refractivity contribution < 1.29 is 52.7 Å². The summed E-state index contributed by atoms with van der Waals surface area (Å²) in [5.41, 5.74) is 9.08. The van der Waals surface area contributed by atoms with Crippen LogP contribution < -0.4 is 32.5 Å². The predicted octanol–water partition coefficient (Wildman–Crippen LogP) is 3.99. The average molecular weight is 986 g/mol. The smallest absolute Gasteiger partial charge is 0.410 e. The number of nitrogens with zero attached hydrogens (tertiary/aromatic N) is 3. The van der Waals surface area contributed by atoms with Crippen molar-refractivity contribution >= 4 is 53.1 Å². The van der Waals surface area contributed by atoms with E-state index in [1.54, 1.807) is 57.2 Å². The third-order valence-electron chi connectivity index (χ3n) is 12.6. The van der Waals surface area contributed by atoms with Crippen molar-refractivity contribution in [3.63, 3.8) is 0 Å². The van der Waals surface area contributed by atoms with Crippen molar-refractivity contribution in [2.45, 2.75) is 157 Å². The van der Waals surface area contributed by atoms with Crippen LogP contribution in [0.25, 0.3) is 0 Å². The Morgan fingerprint density at radius 1 is 0.729 bits per heavy atom. The first kappa shape index (κ1) is 60.7. The molecule has 7 N–H and O–H groups in total. The number of methoxy groups -OCH3 is 1. The Kier molecular flexibility index (Phi) is 26.9. The maximum atomic E-state index is 14.0. The lowest BCUT2D eigenvalue weighted by Gasteiger charge is -2.40. The molecule has 394 valence electrons. The van der Waals surface area contributed by atoms with Crippen LogP contribution in [0.5, 0.6) is 0 Å². The van der Waals surface area contributed by atoms with Crippen LogP contribution in [0.4, 0.5) is 10.5 Å². The number of anilines is 1. The Morgan fingerprint density at radius 2 is 1.36 bits per heavy atom. The minimum atomic E-state index is -1.00. The zero-order chi connectivity index (χ0) is 52.7. The maximum absolute atomic E-state index is 14.0. The Morgan fingerprint density at radius 3 is 1.90 bits per heavy atom. The summed E-state index contributed by atoms with van der Waals surface area (Å²) < 4.78 is 11.4. The Labute approximate surface area is 415 Å². The Hall–Kier alpha value is -5.44. The van der Waals surface area contributed by atoms with Gasteiger partial charge in [-0.25, -0.2) is 10.3 Å². The molecule has 1 aromatic carbocycles. The first-order valence-corrected chi connectivity index (χ1v) is 24.7. The molecule has 8 amide bonds. The number of benzene rings is 1. The highest BCUT2D eigenvalue weighted by Crippen LogP contribution is 2.24. The fourth-order valence-corrected chi connectivity index (χ4v) is 8.31. The van der Waals surface area contributed by atoms with E-state index in [0.29, 0.717) is 49.9 Å². The van der Waals surface area contributed by atoms with Gasteiger partial charge in [0.15, 0.2) is 0 Å². The van der Waals surface area contributed by atoms with Crippen LogP contribution in [0.2, 0.25) is 0 Å². The van der Waals surface area contributed by atoms with E-state index in [0.717, 1.165) is 11.3 Å². The van der Waals surface area contributed by atoms with E-state index in [2.05, 4.69) is 40.6 Å². The molecule has 0 radical (unpaired) electrons. The van der Waals surface area contributed by atoms with E-state index >= 15 is 0 Å². The first-order chi connectivity index (χ1) is 33.1. The summed E-state index contributed by atoms with van der Waals surface area (Å²) in [4.78, 5) is 114. The van der Waals surface area contributed by atoms with Crippen molar-refractivity contribution in [1.82, 2.24) is 36.1 Å². The summed E-state index contributed by atoms with van der Waals surface area (Å²) >= 11 is 0. The van der Waals surface area contributed by atoms with Gasteiger partial charge >= 0.3 is 6.09 Å². The zero-order valence-corrected chi connectivity index (χ0v) is 43.6. The second-order valence-corrected chi connectivity index (χ2v) is 18.9. The lowest BCUT2D eigenvalue weighted by molar-refractivity contribution is -0.143. The molecule has 1 aliphatic heterocycles. The third kappa shape index (κ3) is 19.0. The molecule has 2 rings (SSSR count). The number of nitrogens with two attached hydrogens (primary N) is 1. The van der Waals surface area contributed by atoms with Crippen LogP contribution in [0.3, 0.4) is 0 Å². The lowest BCUT2D eigenvalue weighted by Crippen LogP contribution is -2.60. The molecular formula is C50H83N9O11. The van der Waals surface area contributed by atoms with Gasteiger partial charge in [0, 0.05) is 58.6 Å². The van der Waals surface area contributed by atoms with Crippen LogP contribution in [-0.4, -0.2) is 139 Å². The van der Waals surface area contributed by atoms with E-state index in [1.165, 1.54) is 24.1 Å². The van der Waals surface area contributed by atoms with Crippen LogP contribution in [0.1, 0.15) is 119 Å². The number of likely N-dealkylation sites (N-methyl/N-ethyl adjacent to an activating group) is 2. The van der Waals surface area contributed by atoms with Crippen molar-refractivity contribution in [3.05, 3.63) is 42.0 Å². The molecule has 0 saturated heterocycles. The quantitative estimate of drug-likeness (QED) is 0.0259. The number of carbonyl (C=O) groups excluding carboxylic acids is 8. The van der Waals surface area contributed by atoms with Crippen molar-refractivity contribution in [2.24, 2.45) is 29.4 Å². The summed E-state index contributed by atoms with van der Waals surface area (Å²) in [7, 11) is 4.87. The summed E-state index contributed by atoms with van der Waals surface area (Å²) in [6.45, 7) is 17.5. The van der Waals surface area contributed by atoms with Gasteiger partial charge in [-0.3, -0.25) is 48.2 Å². The van der Waals surface area contributed by atoms with E-state index in [4.69, 9.17) is 20.0 Å². The normalized spacial score (nSPS) is 15.5. The molecule has 1 aliphatic rings. The maximum Gasteiger partial charge on any atom is 0.410 e. The second kappa shape index (κ2) is 31.0. The molecule has 1 heterocycles. The number of hydrogen-bond donors (Lipinski definition) is 6. The average Bonchev–Trinajstić information content (AvgIpc) is 3.64. The SMILES string of the molecule is CC[C@H](C)[C@@H]([C@@H](CC)OC)N(C)C(=O)[C@@H](NC(=O)[C@H](C(C)C)N(C)C(=O)OCc1ccc(NC(=O)[C@H](CCCNOCN)NC(=O)[C@@H](NC(=O)CCCCCN2C(=O)C=CC2=O)C(C)C)cc1)C(C)C. The highest BCUT2D eigenvalue weighted by molar-refractivity contribution is 6.12. The molecule has 20 nitrogen and oxygen atoms in total. The zero-order valence-electron chi connectivity index (χ0n) is 43.6. The van der Waals surface area contributed by atoms with Crippen LogP contribution in [0.15, 0.2) is 36.4 Å². The fraction of sp³-hybridized carbons (Fsp3) is 0.680. The monoisotopic (exact) mass is 986 g/mol. The van der Waals surface area contributed by atoms with E-state index in [1.807, 2.05) is 34.6 Å². The van der Waals surface area contributed by atoms with Crippen molar-refractivity contribution in [3.8, 4) is 0 Å². The van der Waals surface area contributed by atoms with Gasteiger partial charge in [0.2, 0.25) is 29.5 Å². The van der Waals surface area contributed by atoms with Gasteiger partial charge in [0.1, 0.15) is 37.5 Å². The summed E-state index contributed by atoms with van der Waals surface area (Å²) in [5.74, 6) is -3.57. The summed E-state index contributed by atoms with van der Waals surface area (Å²) in [5, 5.41) is 11.4. The van der Waals surface area contributed by atoms with Gasteiger partial charge in [-0.05, 0) is 73.5 Å². The number of nitrogens with one attached hydrogen (secondary N) is 5.